The highest BCUT2D eigenvalue weighted by Gasteiger charge is 2.49. The zero-order valence-electron chi connectivity index (χ0n) is 19.0. The summed E-state index contributed by atoms with van der Waals surface area (Å²) in [5.41, 5.74) is 0.642. The molecular weight excluding hydrogens is 452 g/mol. The Hall–Kier alpha value is -3.33. The Labute approximate surface area is 201 Å². The molecule has 0 spiro atoms. The summed E-state index contributed by atoms with van der Waals surface area (Å²) in [6.45, 7) is 3.01. The molecule has 3 aliphatic rings. The smallest absolute Gasteiger partial charge is 0.277 e. The summed E-state index contributed by atoms with van der Waals surface area (Å²) < 4.78 is 13.1. The zero-order valence-corrected chi connectivity index (χ0v) is 19.8. The first-order valence-corrected chi connectivity index (χ1v) is 12.6. The van der Waals surface area contributed by atoms with Gasteiger partial charge in [0.05, 0.1) is 11.4 Å². The third-order valence-corrected chi connectivity index (χ3v) is 7.78. The molecular formula is C25H26N4O4S. The van der Waals surface area contributed by atoms with E-state index in [2.05, 4.69) is 5.32 Å². The van der Waals surface area contributed by atoms with Crippen molar-refractivity contribution in [3.8, 4) is 22.1 Å². The van der Waals surface area contributed by atoms with Gasteiger partial charge in [-0.3, -0.25) is 19.2 Å². The van der Waals surface area contributed by atoms with Crippen LogP contribution in [0.15, 0.2) is 41.8 Å². The maximum Gasteiger partial charge on any atom is 0.277 e. The number of nitrogens with one attached hydrogen (secondary N) is 1. The van der Waals surface area contributed by atoms with E-state index in [9.17, 15) is 9.59 Å². The zero-order chi connectivity index (χ0) is 23.3. The number of ether oxygens (including phenoxy) is 2. The van der Waals surface area contributed by atoms with E-state index in [1.807, 2.05) is 36.6 Å². The Morgan fingerprint density at radius 3 is 2.71 bits per heavy atom. The van der Waals surface area contributed by atoms with Gasteiger partial charge in [0.15, 0.2) is 11.5 Å². The quantitative estimate of drug-likeness (QED) is 0.616. The van der Waals surface area contributed by atoms with Crippen LogP contribution in [0.4, 0.5) is 5.69 Å². The largest absolute Gasteiger partial charge is 0.486 e. The van der Waals surface area contributed by atoms with Gasteiger partial charge in [0.2, 0.25) is 5.91 Å². The molecule has 6 rings (SSSR count). The van der Waals surface area contributed by atoms with Gasteiger partial charge in [-0.15, -0.1) is 11.3 Å². The fraction of sp³-hybridized carbons (Fsp3) is 0.400. The molecule has 4 heterocycles. The summed E-state index contributed by atoms with van der Waals surface area (Å²) in [4.78, 5) is 30.3. The maximum absolute atomic E-state index is 13.9. The fourth-order valence-electron chi connectivity index (χ4n) is 5.11. The van der Waals surface area contributed by atoms with Crippen LogP contribution in [0.3, 0.4) is 0 Å². The van der Waals surface area contributed by atoms with Crippen LogP contribution in [-0.4, -0.2) is 46.4 Å². The standard InChI is InChI=1S/C25H26N4O4S/c1-25(24(31)26-16-5-2-3-6-16)15-28-19(14-18(27-28)22-7-4-12-34-22)23(30)29(25)17-8-9-20-21(13-17)33-11-10-32-20/h4,7-9,12-14,16H,2-3,5-6,10-11,15H2,1H3,(H,26,31)/t25-/m1/s1. The molecule has 8 nitrogen and oxygen atoms in total. The van der Waals surface area contributed by atoms with E-state index in [0.717, 1.165) is 36.3 Å². The Bertz CT molecular complexity index is 1250. The number of rotatable bonds is 4. The molecule has 1 N–H and O–H groups in total. The van der Waals surface area contributed by atoms with Crippen molar-refractivity contribution < 1.29 is 19.1 Å². The highest BCUT2D eigenvalue weighted by molar-refractivity contribution is 7.13. The molecule has 2 aliphatic heterocycles. The maximum atomic E-state index is 13.9. The molecule has 3 aromatic rings. The first kappa shape index (κ1) is 21.2. The van der Waals surface area contributed by atoms with Crippen LogP contribution in [0.25, 0.3) is 10.6 Å². The average molecular weight is 479 g/mol. The van der Waals surface area contributed by atoms with Crippen LogP contribution in [0, 0.1) is 0 Å². The predicted octanol–water partition coefficient (Wildman–Crippen LogP) is 3.86. The molecule has 1 aromatic carbocycles. The number of amides is 2. The van der Waals surface area contributed by atoms with Crippen molar-refractivity contribution in [3.05, 3.63) is 47.5 Å². The predicted molar refractivity (Wildman–Crippen MR) is 129 cm³/mol. The van der Waals surface area contributed by atoms with Gasteiger partial charge in [0, 0.05) is 17.8 Å². The lowest BCUT2D eigenvalue weighted by molar-refractivity contribution is -0.127. The number of carbonyl (C=O) groups is 2. The molecule has 1 saturated carbocycles. The van der Waals surface area contributed by atoms with E-state index >= 15 is 0 Å². The van der Waals surface area contributed by atoms with Crippen molar-refractivity contribution in [2.75, 3.05) is 18.1 Å². The number of hydrogen-bond acceptors (Lipinski definition) is 6. The summed E-state index contributed by atoms with van der Waals surface area (Å²) in [6.07, 6.45) is 4.16. The molecule has 0 unspecified atom stereocenters. The molecule has 0 saturated heterocycles. The minimum atomic E-state index is -1.16. The number of carbonyl (C=O) groups excluding carboxylic acids is 2. The topological polar surface area (TPSA) is 85.7 Å². The van der Waals surface area contributed by atoms with Crippen molar-refractivity contribution in [2.45, 2.75) is 50.7 Å². The first-order valence-electron chi connectivity index (χ1n) is 11.7. The average Bonchev–Trinajstić information content (AvgIpc) is 3.61. The van der Waals surface area contributed by atoms with E-state index in [-0.39, 0.29) is 24.4 Å². The number of thiophene rings is 1. The molecule has 2 amide bonds. The first-order chi connectivity index (χ1) is 16.5. The third kappa shape index (κ3) is 3.46. The van der Waals surface area contributed by atoms with Gasteiger partial charge in [0.1, 0.15) is 30.1 Å². The highest BCUT2D eigenvalue weighted by atomic mass is 32.1. The van der Waals surface area contributed by atoms with Gasteiger partial charge in [-0.2, -0.15) is 5.10 Å². The van der Waals surface area contributed by atoms with E-state index in [1.54, 1.807) is 33.1 Å². The molecule has 1 aliphatic carbocycles. The summed E-state index contributed by atoms with van der Waals surface area (Å²) in [5.74, 6) is 0.791. The Morgan fingerprint density at radius 1 is 1.15 bits per heavy atom. The van der Waals surface area contributed by atoms with Gasteiger partial charge in [0.25, 0.3) is 5.91 Å². The summed E-state index contributed by atoms with van der Waals surface area (Å²) in [7, 11) is 0. The molecule has 0 bridgehead atoms. The summed E-state index contributed by atoms with van der Waals surface area (Å²) in [5, 5.41) is 9.90. The minimum absolute atomic E-state index is 0.141. The van der Waals surface area contributed by atoms with Crippen LogP contribution in [0.1, 0.15) is 43.1 Å². The molecule has 1 fully saturated rings. The van der Waals surface area contributed by atoms with E-state index in [1.165, 1.54) is 0 Å². The number of benzene rings is 1. The fourth-order valence-corrected chi connectivity index (χ4v) is 5.79. The van der Waals surface area contributed by atoms with Crippen LogP contribution in [0.5, 0.6) is 11.5 Å². The van der Waals surface area contributed by atoms with E-state index in [0.29, 0.717) is 36.1 Å². The van der Waals surface area contributed by atoms with Crippen LogP contribution < -0.4 is 19.7 Å². The van der Waals surface area contributed by atoms with Gasteiger partial charge in [-0.1, -0.05) is 18.9 Å². The minimum Gasteiger partial charge on any atom is -0.486 e. The second kappa shape index (κ2) is 8.16. The Balaban J connectivity index is 1.43. The third-order valence-electron chi connectivity index (χ3n) is 6.89. The number of aromatic nitrogens is 2. The van der Waals surface area contributed by atoms with Crippen molar-refractivity contribution >= 4 is 28.8 Å². The van der Waals surface area contributed by atoms with Gasteiger partial charge < -0.3 is 14.8 Å². The monoisotopic (exact) mass is 478 g/mol. The molecule has 0 radical (unpaired) electrons. The molecule has 176 valence electrons. The van der Waals surface area contributed by atoms with E-state index in [4.69, 9.17) is 14.6 Å². The van der Waals surface area contributed by atoms with Gasteiger partial charge in [-0.05, 0) is 49.4 Å². The molecule has 2 aromatic heterocycles. The summed E-state index contributed by atoms with van der Waals surface area (Å²) in [6, 6.07) is 11.3. The number of fused-ring (bicyclic) bond motifs is 2. The number of anilines is 1. The molecule has 9 heteroatoms. The van der Waals surface area contributed by atoms with E-state index < -0.39 is 5.54 Å². The number of nitrogens with zero attached hydrogens (tertiary/aromatic N) is 3. The van der Waals surface area contributed by atoms with Crippen LogP contribution >= 0.6 is 11.3 Å². The lowest BCUT2D eigenvalue weighted by Gasteiger charge is -2.43. The second-order valence-corrected chi connectivity index (χ2v) is 10.2. The van der Waals surface area contributed by atoms with Crippen molar-refractivity contribution in [1.82, 2.24) is 15.1 Å². The highest BCUT2D eigenvalue weighted by Crippen LogP contribution is 2.40. The van der Waals surface area contributed by atoms with Crippen LogP contribution in [-0.2, 0) is 11.3 Å². The molecule has 34 heavy (non-hydrogen) atoms. The van der Waals surface area contributed by atoms with Gasteiger partial charge >= 0.3 is 0 Å². The second-order valence-electron chi connectivity index (χ2n) is 9.25. The SMILES string of the molecule is C[C@]1(C(=O)NC2CCCC2)Cn2nc(-c3cccs3)cc2C(=O)N1c1ccc2c(c1)OCCO2. The number of hydrogen-bond donors (Lipinski definition) is 1. The summed E-state index contributed by atoms with van der Waals surface area (Å²) >= 11 is 1.57. The van der Waals surface area contributed by atoms with Crippen LogP contribution in [0.2, 0.25) is 0 Å². The van der Waals surface area contributed by atoms with Crippen molar-refractivity contribution in [3.63, 3.8) is 0 Å². The lowest BCUT2D eigenvalue weighted by atomic mass is 9.93. The normalized spacial score (nSPS) is 22.0. The van der Waals surface area contributed by atoms with Crippen molar-refractivity contribution in [2.24, 2.45) is 0 Å². The lowest BCUT2D eigenvalue weighted by Crippen LogP contribution is -2.65. The Morgan fingerprint density at radius 2 is 1.94 bits per heavy atom. The van der Waals surface area contributed by atoms with Gasteiger partial charge in [-0.25, -0.2) is 0 Å². The Kier molecular flexibility index (Phi) is 5.09. The molecule has 1 atom stereocenters. The van der Waals surface area contributed by atoms with Crippen molar-refractivity contribution in [1.29, 1.82) is 0 Å².